The average molecular weight is 264 g/mol. The van der Waals surface area contributed by atoms with Crippen molar-refractivity contribution in [1.29, 1.82) is 0 Å². The Bertz CT molecular complexity index is 446. The first-order chi connectivity index (χ1) is 9.01. The molecule has 0 aliphatic rings. The SMILES string of the molecule is CC(=O)N[C@H](C)CC(=O)NCc1cccc(CO)c1. The van der Waals surface area contributed by atoms with E-state index >= 15 is 0 Å². The highest BCUT2D eigenvalue weighted by atomic mass is 16.3. The number of carbonyl (C=O) groups excluding carboxylic acids is 2. The van der Waals surface area contributed by atoms with Crippen molar-refractivity contribution in [3.8, 4) is 0 Å². The van der Waals surface area contributed by atoms with E-state index in [0.717, 1.165) is 11.1 Å². The molecule has 0 fully saturated rings. The van der Waals surface area contributed by atoms with Crippen molar-refractivity contribution in [1.82, 2.24) is 10.6 Å². The van der Waals surface area contributed by atoms with E-state index in [1.54, 1.807) is 6.92 Å². The van der Waals surface area contributed by atoms with E-state index in [1.165, 1.54) is 6.92 Å². The predicted octanol–water partition coefficient (Wildman–Crippen LogP) is 0.710. The Morgan fingerprint density at radius 2 is 2.00 bits per heavy atom. The molecule has 0 unspecified atom stereocenters. The first kappa shape index (κ1) is 15.2. The summed E-state index contributed by atoms with van der Waals surface area (Å²) in [7, 11) is 0. The third kappa shape index (κ3) is 6.01. The molecule has 1 rings (SSSR count). The Kier molecular flexibility index (Phi) is 6.02. The molecule has 0 aromatic heterocycles. The molecule has 0 saturated heterocycles. The largest absolute Gasteiger partial charge is 0.392 e. The van der Waals surface area contributed by atoms with Gasteiger partial charge in [-0.1, -0.05) is 24.3 Å². The van der Waals surface area contributed by atoms with Gasteiger partial charge in [0.2, 0.25) is 11.8 Å². The molecule has 19 heavy (non-hydrogen) atoms. The minimum atomic E-state index is -0.179. The quantitative estimate of drug-likeness (QED) is 0.708. The summed E-state index contributed by atoms with van der Waals surface area (Å²) in [5.74, 6) is -0.258. The van der Waals surface area contributed by atoms with Crippen LogP contribution in [0, 0.1) is 0 Å². The standard InChI is InChI=1S/C14H20N2O3/c1-10(16-11(2)18)6-14(19)15-8-12-4-3-5-13(7-12)9-17/h3-5,7,10,17H,6,8-9H2,1-2H3,(H,15,19)(H,16,18)/t10-/m1/s1. The highest BCUT2D eigenvalue weighted by molar-refractivity contribution is 5.78. The fourth-order valence-electron chi connectivity index (χ4n) is 1.79. The minimum absolute atomic E-state index is 0.0125. The maximum absolute atomic E-state index is 11.7. The summed E-state index contributed by atoms with van der Waals surface area (Å²) in [5, 5.41) is 14.5. The average Bonchev–Trinajstić information content (AvgIpc) is 2.35. The predicted molar refractivity (Wildman–Crippen MR) is 72.1 cm³/mol. The number of benzene rings is 1. The van der Waals surface area contributed by atoms with E-state index in [-0.39, 0.29) is 30.9 Å². The van der Waals surface area contributed by atoms with Gasteiger partial charge in [-0.25, -0.2) is 0 Å². The summed E-state index contributed by atoms with van der Waals surface area (Å²) in [6.07, 6.45) is 0.249. The number of hydrogen-bond donors (Lipinski definition) is 3. The minimum Gasteiger partial charge on any atom is -0.392 e. The van der Waals surface area contributed by atoms with Gasteiger partial charge < -0.3 is 15.7 Å². The number of rotatable bonds is 6. The smallest absolute Gasteiger partial charge is 0.222 e. The summed E-state index contributed by atoms with van der Waals surface area (Å²) in [6, 6.07) is 7.21. The monoisotopic (exact) mass is 264 g/mol. The second-order valence-electron chi connectivity index (χ2n) is 4.56. The Balaban J connectivity index is 2.39. The van der Waals surface area contributed by atoms with Crippen molar-refractivity contribution in [3.63, 3.8) is 0 Å². The van der Waals surface area contributed by atoms with Gasteiger partial charge in [0.05, 0.1) is 6.61 Å². The lowest BCUT2D eigenvalue weighted by Crippen LogP contribution is -2.35. The number of carbonyl (C=O) groups is 2. The molecule has 0 aliphatic carbocycles. The Hall–Kier alpha value is -1.88. The molecule has 104 valence electrons. The number of aliphatic hydroxyl groups is 1. The van der Waals surface area contributed by atoms with E-state index < -0.39 is 0 Å². The molecule has 0 aliphatic heterocycles. The molecule has 0 heterocycles. The number of aliphatic hydroxyl groups excluding tert-OH is 1. The van der Waals surface area contributed by atoms with Crippen LogP contribution in [0.25, 0.3) is 0 Å². The maximum Gasteiger partial charge on any atom is 0.222 e. The lowest BCUT2D eigenvalue weighted by molar-refractivity contribution is -0.122. The van der Waals surface area contributed by atoms with Crippen LogP contribution < -0.4 is 10.6 Å². The van der Waals surface area contributed by atoms with Gasteiger partial charge in [-0.3, -0.25) is 9.59 Å². The molecule has 1 aromatic rings. The van der Waals surface area contributed by atoms with Crippen LogP contribution in [0.1, 0.15) is 31.4 Å². The molecule has 0 saturated carbocycles. The van der Waals surface area contributed by atoms with Crippen LogP contribution in [0.4, 0.5) is 0 Å². The van der Waals surface area contributed by atoms with Gasteiger partial charge in [0, 0.05) is 25.9 Å². The van der Waals surface area contributed by atoms with Gasteiger partial charge >= 0.3 is 0 Å². The van der Waals surface area contributed by atoms with Gasteiger partial charge in [-0.05, 0) is 18.1 Å². The molecule has 0 bridgehead atoms. The number of nitrogens with one attached hydrogen (secondary N) is 2. The molecule has 1 aromatic carbocycles. The van der Waals surface area contributed by atoms with E-state index in [9.17, 15) is 9.59 Å². The lowest BCUT2D eigenvalue weighted by Gasteiger charge is -2.12. The van der Waals surface area contributed by atoms with Crippen LogP contribution in [0.3, 0.4) is 0 Å². The van der Waals surface area contributed by atoms with Crippen molar-refractivity contribution >= 4 is 11.8 Å². The summed E-state index contributed by atoms with van der Waals surface area (Å²) < 4.78 is 0. The van der Waals surface area contributed by atoms with E-state index in [0.29, 0.717) is 6.54 Å². The van der Waals surface area contributed by atoms with Crippen LogP contribution in [-0.4, -0.2) is 23.0 Å². The third-order valence-electron chi connectivity index (χ3n) is 2.60. The Labute approximate surface area is 113 Å². The molecule has 5 nitrogen and oxygen atoms in total. The molecule has 0 spiro atoms. The van der Waals surface area contributed by atoms with Crippen LogP contribution in [-0.2, 0) is 22.7 Å². The van der Waals surface area contributed by atoms with E-state index in [4.69, 9.17) is 5.11 Å². The van der Waals surface area contributed by atoms with Crippen molar-refractivity contribution < 1.29 is 14.7 Å². The summed E-state index contributed by atoms with van der Waals surface area (Å²) in [4.78, 5) is 22.5. The molecule has 3 N–H and O–H groups in total. The van der Waals surface area contributed by atoms with Crippen LogP contribution in [0.2, 0.25) is 0 Å². The second-order valence-corrected chi connectivity index (χ2v) is 4.56. The van der Waals surface area contributed by atoms with Crippen molar-refractivity contribution in [2.45, 2.75) is 39.5 Å². The zero-order valence-corrected chi connectivity index (χ0v) is 11.3. The molecule has 1 atom stereocenters. The Morgan fingerprint density at radius 3 is 2.63 bits per heavy atom. The highest BCUT2D eigenvalue weighted by Crippen LogP contribution is 2.05. The molecule has 0 radical (unpaired) electrons. The summed E-state index contributed by atoms with van der Waals surface area (Å²) in [5.41, 5.74) is 1.76. The first-order valence-electron chi connectivity index (χ1n) is 6.23. The Morgan fingerprint density at radius 1 is 1.32 bits per heavy atom. The third-order valence-corrected chi connectivity index (χ3v) is 2.60. The van der Waals surface area contributed by atoms with Crippen molar-refractivity contribution in [3.05, 3.63) is 35.4 Å². The molecule has 5 heteroatoms. The number of amides is 2. The normalized spacial score (nSPS) is 11.7. The van der Waals surface area contributed by atoms with Crippen LogP contribution in [0.15, 0.2) is 24.3 Å². The summed E-state index contributed by atoms with van der Waals surface area (Å²) in [6.45, 7) is 3.61. The van der Waals surface area contributed by atoms with E-state index in [1.807, 2.05) is 24.3 Å². The lowest BCUT2D eigenvalue weighted by atomic mass is 10.1. The van der Waals surface area contributed by atoms with Crippen LogP contribution >= 0.6 is 0 Å². The molecular weight excluding hydrogens is 244 g/mol. The fourth-order valence-corrected chi connectivity index (χ4v) is 1.79. The first-order valence-corrected chi connectivity index (χ1v) is 6.23. The van der Waals surface area contributed by atoms with Gasteiger partial charge in [0.1, 0.15) is 0 Å². The topological polar surface area (TPSA) is 78.4 Å². The van der Waals surface area contributed by atoms with Gasteiger partial charge in [-0.15, -0.1) is 0 Å². The molecular formula is C14H20N2O3. The van der Waals surface area contributed by atoms with Crippen molar-refractivity contribution in [2.24, 2.45) is 0 Å². The zero-order chi connectivity index (χ0) is 14.3. The maximum atomic E-state index is 11.7. The van der Waals surface area contributed by atoms with Gasteiger partial charge in [0.15, 0.2) is 0 Å². The van der Waals surface area contributed by atoms with E-state index in [2.05, 4.69) is 10.6 Å². The summed E-state index contributed by atoms with van der Waals surface area (Å²) >= 11 is 0. The highest BCUT2D eigenvalue weighted by Gasteiger charge is 2.09. The van der Waals surface area contributed by atoms with Crippen molar-refractivity contribution in [2.75, 3.05) is 0 Å². The second kappa shape index (κ2) is 7.53. The fraction of sp³-hybridized carbons (Fsp3) is 0.429. The number of hydrogen-bond acceptors (Lipinski definition) is 3. The zero-order valence-electron chi connectivity index (χ0n) is 11.3. The van der Waals surface area contributed by atoms with Gasteiger partial charge in [-0.2, -0.15) is 0 Å². The molecule has 2 amide bonds. The van der Waals surface area contributed by atoms with Crippen LogP contribution in [0.5, 0.6) is 0 Å². The van der Waals surface area contributed by atoms with Gasteiger partial charge in [0.25, 0.3) is 0 Å².